The number of carbonyl (C=O) groups is 5. The van der Waals surface area contributed by atoms with Crippen LogP contribution in [0.2, 0.25) is 0 Å². The molecule has 4 rings (SSSR count). The number of ether oxygens (including phenoxy) is 4. The molecule has 4 fully saturated rings. The number of esters is 4. The van der Waals surface area contributed by atoms with Crippen molar-refractivity contribution in [3.8, 4) is 0 Å². The van der Waals surface area contributed by atoms with Gasteiger partial charge in [-0.15, -0.1) is 0 Å². The average Bonchev–Trinajstić information content (AvgIpc) is 3.29. The molecule has 0 aliphatic heterocycles. The Kier molecular flexibility index (Phi) is 10.6. The van der Waals surface area contributed by atoms with E-state index in [1.54, 1.807) is 13.8 Å². The van der Waals surface area contributed by atoms with Crippen molar-refractivity contribution in [1.29, 1.82) is 0 Å². The minimum Gasteiger partial charge on any atom is -0.465 e. The normalized spacial score (nSPS) is 39.0. The highest BCUT2D eigenvalue weighted by atomic mass is 16.6. The number of Topliss-reactive ketones (excluding diaryl/α,β-unsaturated/α-hetero) is 1. The Bertz CT molecular complexity index is 1120. The SMILES string of the molecule is CCOC(=O)C(C)C(=O)CC[C@@H](C)[C@H]1CC[C@H]2[C@@H]3[C@H](OC(C)=O)C[C@@H]4C[C@H](OC(C)=O)CC[C@]4(C)[C@H]3C[C@H](OC(C)=O)[C@]12C. The van der Waals surface area contributed by atoms with Crippen LogP contribution in [0, 0.1) is 52.3 Å². The predicted molar refractivity (Wildman–Crippen MR) is 162 cm³/mol. The quantitative estimate of drug-likeness (QED) is 0.169. The van der Waals surface area contributed by atoms with Gasteiger partial charge in [-0.25, -0.2) is 0 Å². The van der Waals surface area contributed by atoms with E-state index in [-0.39, 0.29) is 94.9 Å². The molecule has 1 unspecified atom stereocenters. The first-order valence-corrected chi connectivity index (χ1v) is 16.8. The lowest BCUT2D eigenvalue weighted by molar-refractivity contribution is -0.224. The van der Waals surface area contributed by atoms with Crippen molar-refractivity contribution in [2.75, 3.05) is 6.61 Å². The summed E-state index contributed by atoms with van der Waals surface area (Å²) in [5.41, 5.74) is -0.407. The maximum atomic E-state index is 12.9. The van der Waals surface area contributed by atoms with Crippen LogP contribution in [0.5, 0.6) is 0 Å². The van der Waals surface area contributed by atoms with E-state index in [4.69, 9.17) is 18.9 Å². The molecule has 4 aliphatic carbocycles. The maximum absolute atomic E-state index is 12.9. The summed E-state index contributed by atoms with van der Waals surface area (Å²) in [4.78, 5) is 61.9. The number of ketones is 1. The van der Waals surface area contributed by atoms with Crippen LogP contribution in [0.3, 0.4) is 0 Å². The largest absolute Gasteiger partial charge is 0.465 e. The molecule has 0 aromatic carbocycles. The summed E-state index contributed by atoms with van der Waals surface area (Å²) in [6, 6.07) is 0. The highest BCUT2D eigenvalue weighted by molar-refractivity contribution is 5.98. The third kappa shape index (κ3) is 6.57. The number of hydrogen-bond acceptors (Lipinski definition) is 9. The maximum Gasteiger partial charge on any atom is 0.316 e. The van der Waals surface area contributed by atoms with Crippen LogP contribution >= 0.6 is 0 Å². The van der Waals surface area contributed by atoms with Crippen molar-refractivity contribution in [3.63, 3.8) is 0 Å². The van der Waals surface area contributed by atoms with Gasteiger partial charge in [0, 0.05) is 38.5 Å². The summed E-state index contributed by atoms with van der Waals surface area (Å²) in [6.07, 6.45) is 6.00. The van der Waals surface area contributed by atoms with Crippen LogP contribution in [-0.2, 0) is 42.9 Å². The van der Waals surface area contributed by atoms with Crippen molar-refractivity contribution in [1.82, 2.24) is 0 Å². The molecule has 0 saturated heterocycles. The topological polar surface area (TPSA) is 122 Å². The molecule has 0 aromatic rings. The molecule has 12 atom stereocenters. The van der Waals surface area contributed by atoms with E-state index < -0.39 is 11.9 Å². The highest BCUT2D eigenvalue weighted by Gasteiger charge is 2.67. The van der Waals surface area contributed by atoms with Crippen molar-refractivity contribution in [3.05, 3.63) is 0 Å². The van der Waals surface area contributed by atoms with Gasteiger partial charge in [0.05, 0.1) is 6.61 Å². The summed E-state index contributed by atoms with van der Waals surface area (Å²) < 4.78 is 23.1. The Labute approximate surface area is 262 Å². The molecule has 0 heterocycles. The van der Waals surface area contributed by atoms with Gasteiger partial charge in [0.1, 0.15) is 30.0 Å². The summed E-state index contributed by atoms with van der Waals surface area (Å²) in [6.45, 7) is 14.8. The second kappa shape index (κ2) is 13.5. The lowest BCUT2D eigenvalue weighted by atomic mass is 9.43. The fraction of sp³-hybridized carbons (Fsp3) is 0.857. The zero-order valence-electron chi connectivity index (χ0n) is 28.0. The minimum absolute atomic E-state index is 0.0585. The molecule has 0 N–H and O–H groups in total. The van der Waals surface area contributed by atoms with Gasteiger partial charge in [-0.1, -0.05) is 20.8 Å². The number of rotatable bonds is 10. The molecule has 0 aromatic heterocycles. The molecule has 0 amide bonds. The van der Waals surface area contributed by atoms with Gasteiger partial charge in [-0.2, -0.15) is 0 Å². The van der Waals surface area contributed by atoms with Crippen molar-refractivity contribution >= 4 is 29.7 Å². The molecule has 248 valence electrons. The Morgan fingerprint density at radius 1 is 0.818 bits per heavy atom. The summed E-state index contributed by atoms with van der Waals surface area (Å²) in [5.74, 6) is -1.14. The van der Waals surface area contributed by atoms with Crippen molar-refractivity contribution in [2.45, 2.75) is 131 Å². The molecular weight excluding hydrogens is 564 g/mol. The molecular formula is C35H54O9. The van der Waals surface area contributed by atoms with Crippen molar-refractivity contribution in [2.24, 2.45) is 52.3 Å². The second-order valence-electron chi connectivity index (χ2n) is 14.7. The molecule has 0 spiro atoms. The Morgan fingerprint density at radius 3 is 2.09 bits per heavy atom. The van der Waals surface area contributed by atoms with Crippen molar-refractivity contribution < 1.29 is 42.9 Å². The molecule has 9 nitrogen and oxygen atoms in total. The zero-order chi connectivity index (χ0) is 32.6. The first-order chi connectivity index (χ1) is 20.6. The lowest BCUT2D eigenvalue weighted by Gasteiger charge is -2.64. The number of hydrogen-bond donors (Lipinski definition) is 0. The van der Waals surface area contributed by atoms with E-state index in [9.17, 15) is 24.0 Å². The summed E-state index contributed by atoms with van der Waals surface area (Å²) in [7, 11) is 0. The van der Waals surface area contributed by atoms with Crippen LogP contribution in [0.25, 0.3) is 0 Å². The Morgan fingerprint density at radius 2 is 1.48 bits per heavy atom. The standard InChI is InChI=1S/C35H54O9/c1-9-41-33(40)20(3)29(39)13-10-19(2)26-11-12-27-32-28(18-31(35(26,27)8)44-23(6)38)34(7)15-14-25(42-21(4)36)16-24(34)17-30(32)43-22(5)37/h19-20,24-28,30-32H,9-18H2,1-8H3/t19-,20?,24+,25-,26-,27+,28+,30-,31+,32+,34+,35-/m1/s1. The lowest BCUT2D eigenvalue weighted by Crippen LogP contribution is -2.63. The molecule has 0 bridgehead atoms. The van der Waals surface area contributed by atoms with Gasteiger partial charge >= 0.3 is 23.9 Å². The van der Waals surface area contributed by atoms with Gasteiger partial charge in [0.25, 0.3) is 0 Å². The van der Waals surface area contributed by atoms with Gasteiger partial charge in [-0.3, -0.25) is 24.0 Å². The van der Waals surface area contributed by atoms with Crippen LogP contribution in [0.4, 0.5) is 0 Å². The Hall–Kier alpha value is -2.45. The van der Waals surface area contributed by atoms with Crippen LogP contribution < -0.4 is 0 Å². The first kappa shape index (κ1) is 34.4. The second-order valence-corrected chi connectivity index (χ2v) is 14.7. The van der Waals surface area contributed by atoms with Gasteiger partial charge < -0.3 is 18.9 Å². The molecule has 4 saturated carbocycles. The number of fused-ring (bicyclic) bond motifs is 5. The van der Waals surface area contributed by atoms with E-state index >= 15 is 0 Å². The predicted octanol–water partition coefficient (Wildman–Crippen LogP) is 5.84. The molecule has 44 heavy (non-hydrogen) atoms. The smallest absolute Gasteiger partial charge is 0.316 e. The average molecular weight is 619 g/mol. The van der Waals surface area contributed by atoms with Crippen LogP contribution in [-0.4, -0.2) is 54.6 Å². The third-order valence-electron chi connectivity index (χ3n) is 12.4. The van der Waals surface area contributed by atoms with Gasteiger partial charge in [0.15, 0.2) is 0 Å². The number of carbonyl (C=O) groups excluding carboxylic acids is 5. The van der Waals surface area contributed by atoms with E-state index in [2.05, 4.69) is 20.8 Å². The molecule has 0 radical (unpaired) electrons. The van der Waals surface area contributed by atoms with Gasteiger partial charge in [-0.05, 0) is 100 Å². The van der Waals surface area contributed by atoms with E-state index in [0.717, 1.165) is 38.5 Å². The third-order valence-corrected chi connectivity index (χ3v) is 12.4. The first-order valence-electron chi connectivity index (χ1n) is 16.8. The van der Waals surface area contributed by atoms with Gasteiger partial charge in [0.2, 0.25) is 0 Å². The monoisotopic (exact) mass is 618 g/mol. The fourth-order valence-corrected chi connectivity index (χ4v) is 10.3. The minimum atomic E-state index is -0.783. The summed E-state index contributed by atoms with van der Waals surface area (Å²) >= 11 is 0. The highest BCUT2D eigenvalue weighted by Crippen LogP contribution is 2.69. The van der Waals surface area contributed by atoms with E-state index in [1.807, 2.05) is 0 Å². The summed E-state index contributed by atoms with van der Waals surface area (Å²) in [5, 5.41) is 0. The van der Waals surface area contributed by atoms with Crippen LogP contribution in [0.1, 0.15) is 113 Å². The molecule has 9 heteroatoms. The van der Waals surface area contributed by atoms with E-state index in [1.165, 1.54) is 20.8 Å². The zero-order valence-corrected chi connectivity index (χ0v) is 28.0. The molecule has 4 aliphatic rings. The van der Waals surface area contributed by atoms with E-state index in [0.29, 0.717) is 19.3 Å². The Balaban J connectivity index is 1.62. The fourth-order valence-electron chi connectivity index (χ4n) is 10.3. The van der Waals surface area contributed by atoms with Crippen LogP contribution in [0.15, 0.2) is 0 Å².